The molecule has 11 heteroatoms. The predicted molar refractivity (Wildman–Crippen MR) is 114 cm³/mol. The standard InChI is InChI=1S/C18H17ClN4O4S2/c1-27-15-9-7-14(8-10-15)23(29(2,25)26)11-16(24)20-18-22-21-17(28-18)12-3-5-13(19)6-4-12/h3-10H,11H2,1-2H3,(H,20,22,24). The molecule has 0 atom stereocenters. The molecule has 3 aromatic rings. The first-order chi connectivity index (χ1) is 13.8. The zero-order valence-corrected chi connectivity index (χ0v) is 17.9. The van der Waals surface area contributed by atoms with E-state index in [0.717, 1.165) is 16.1 Å². The smallest absolute Gasteiger partial charge is 0.246 e. The lowest BCUT2D eigenvalue weighted by molar-refractivity contribution is -0.114. The van der Waals surface area contributed by atoms with Crippen LogP contribution in [0.5, 0.6) is 5.75 Å². The van der Waals surface area contributed by atoms with Gasteiger partial charge in [0.15, 0.2) is 0 Å². The van der Waals surface area contributed by atoms with Crippen LogP contribution < -0.4 is 14.4 Å². The molecule has 1 heterocycles. The molecule has 152 valence electrons. The molecule has 0 radical (unpaired) electrons. The molecule has 0 aliphatic heterocycles. The van der Waals surface area contributed by atoms with E-state index in [4.69, 9.17) is 16.3 Å². The largest absolute Gasteiger partial charge is 0.497 e. The number of amides is 1. The highest BCUT2D eigenvalue weighted by molar-refractivity contribution is 7.92. The Morgan fingerprint density at radius 3 is 2.38 bits per heavy atom. The summed E-state index contributed by atoms with van der Waals surface area (Å²) in [6, 6.07) is 13.4. The molecule has 0 bridgehead atoms. The Morgan fingerprint density at radius 2 is 1.79 bits per heavy atom. The van der Waals surface area contributed by atoms with Crippen LogP contribution in [0, 0.1) is 0 Å². The van der Waals surface area contributed by atoms with E-state index in [1.807, 2.05) is 0 Å². The number of aromatic nitrogens is 2. The molecule has 0 saturated carbocycles. The highest BCUT2D eigenvalue weighted by Gasteiger charge is 2.22. The predicted octanol–water partition coefficient (Wildman–Crippen LogP) is 3.27. The van der Waals surface area contributed by atoms with Crippen molar-refractivity contribution < 1.29 is 17.9 Å². The summed E-state index contributed by atoms with van der Waals surface area (Å²) in [6.45, 7) is -0.402. The minimum atomic E-state index is -3.68. The van der Waals surface area contributed by atoms with E-state index in [2.05, 4.69) is 15.5 Å². The van der Waals surface area contributed by atoms with E-state index in [-0.39, 0.29) is 5.13 Å². The van der Waals surface area contributed by atoms with E-state index in [1.165, 1.54) is 18.4 Å². The van der Waals surface area contributed by atoms with Gasteiger partial charge in [0.25, 0.3) is 0 Å². The number of carbonyl (C=O) groups excluding carboxylic acids is 1. The van der Waals surface area contributed by atoms with Gasteiger partial charge in [-0.1, -0.05) is 35.1 Å². The van der Waals surface area contributed by atoms with Crippen LogP contribution in [-0.2, 0) is 14.8 Å². The van der Waals surface area contributed by atoms with Crippen molar-refractivity contribution in [3.8, 4) is 16.3 Å². The van der Waals surface area contributed by atoms with Crippen molar-refractivity contribution >= 4 is 49.7 Å². The van der Waals surface area contributed by atoms with Crippen molar-refractivity contribution in [2.75, 3.05) is 29.5 Å². The first-order valence-electron chi connectivity index (χ1n) is 8.27. The summed E-state index contributed by atoms with van der Waals surface area (Å²) in [7, 11) is -2.17. The summed E-state index contributed by atoms with van der Waals surface area (Å²) >= 11 is 7.05. The average molecular weight is 453 g/mol. The van der Waals surface area contributed by atoms with Gasteiger partial charge >= 0.3 is 0 Å². The number of nitrogens with one attached hydrogen (secondary N) is 1. The number of nitrogens with zero attached hydrogens (tertiary/aromatic N) is 3. The Bertz CT molecular complexity index is 1100. The Balaban J connectivity index is 1.73. The number of carbonyl (C=O) groups is 1. The maximum absolute atomic E-state index is 12.4. The van der Waals surface area contributed by atoms with Crippen molar-refractivity contribution in [1.82, 2.24) is 10.2 Å². The Kier molecular flexibility index (Phi) is 6.36. The molecule has 1 N–H and O–H groups in total. The topological polar surface area (TPSA) is 101 Å². The molecular formula is C18H17ClN4O4S2. The quantitative estimate of drug-likeness (QED) is 0.590. The van der Waals surface area contributed by atoms with Crippen molar-refractivity contribution in [2.24, 2.45) is 0 Å². The van der Waals surface area contributed by atoms with Gasteiger partial charge in [-0.2, -0.15) is 0 Å². The normalized spacial score (nSPS) is 11.1. The highest BCUT2D eigenvalue weighted by Crippen LogP contribution is 2.27. The highest BCUT2D eigenvalue weighted by atomic mass is 35.5. The molecule has 1 amide bonds. The molecule has 3 rings (SSSR count). The second-order valence-corrected chi connectivity index (χ2v) is 9.26. The monoisotopic (exact) mass is 452 g/mol. The zero-order valence-electron chi connectivity index (χ0n) is 15.5. The van der Waals surface area contributed by atoms with Crippen LogP contribution in [0.15, 0.2) is 48.5 Å². The molecule has 1 aromatic heterocycles. The van der Waals surface area contributed by atoms with Gasteiger partial charge in [0.05, 0.1) is 19.1 Å². The summed E-state index contributed by atoms with van der Waals surface area (Å²) in [4.78, 5) is 12.4. The fraction of sp³-hybridized carbons (Fsp3) is 0.167. The molecule has 0 aliphatic carbocycles. The van der Waals surface area contributed by atoms with Gasteiger partial charge < -0.3 is 4.74 Å². The number of halogens is 1. The fourth-order valence-electron chi connectivity index (χ4n) is 2.42. The van der Waals surface area contributed by atoms with Crippen LogP contribution in [0.2, 0.25) is 5.02 Å². The second-order valence-electron chi connectivity index (χ2n) is 5.94. The summed E-state index contributed by atoms with van der Waals surface area (Å²) in [5.41, 5.74) is 1.16. The first kappa shape index (κ1) is 21.0. The Labute approximate surface area is 177 Å². The number of rotatable bonds is 7. The van der Waals surface area contributed by atoms with Gasteiger partial charge in [0.2, 0.25) is 21.1 Å². The van der Waals surface area contributed by atoms with E-state index in [0.29, 0.717) is 21.5 Å². The van der Waals surface area contributed by atoms with Crippen LogP contribution in [0.1, 0.15) is 0 Å². The van der Waals surface area contributed by atoms with E-state index < -0.39 is 22.5 Å². The molecule has 0 saturated heterocycles. The summed E-state index contributed by atoms with van der Waals surface area (Å²) in [6.07, 6.45) is 1.04. The van der Waals surface area contributed by atoms with Crippen LogP contribution in [0.4, 0.5) is 10.8 Å². The van der Waals surface area contributed by atoms with Crippen molar-refractivity contribution in [3.05, 3.63) is 53.6 Å². The third kappa shape index (κ3) is 5.43. The summed E-state index contributed by atoms with van der Waals surface area (Å²) in [5.74, 6) is 0.0419. The maximum Gasteiger partial charge on any atom is 0.246 e. The maximum atomic E-state index is 12.4. The number of hydrogen-bond donors (Lipinski definition) is 1. The van der Waals surface area contributed by atoms with Crippen LogP contribution in [0.25, 0.3) is 10.6 Å². The Morgan fingerprint density at radius 1 is 1.14 bits per heavy atom. The van der Waals surface area contributed by atoms with E-state index in [1.54, 1.807) is 48.5 Å². The lowest BCUT2D eigenvalue weighted by atomic mass is 10.2. The number of methoxy groups -OCH3 is 1. The fourth-order valence-corrected chi connectivity index (χ4v) is 4.17. The van der Waals surface area contributed by atoms with Gasteiger partial charge in [0, 0.05) is 10.6 Å². The molecule has 0 fully saturated rings. The van der Waals surface area contributed by atoms with E-state index >= 15 is 0 Å². The van der Waals surface area contributed by atoms with Gasteiger partial charge in [-0.05, 0) is 36.4 Å². The third-order valence-corrected chi connectivity index (χ3v) is 6.09. The molecule has 8 nitrogen and oxygen atoms in total. The van der Waals surface area contributed by atoms with Crippen LogP contribution in [-0.4, -0.2) is 44.4 Å². The van der Waals surface area contributed by atoms with Gasteiger partial charge in [-0.15, -0.1) is 10.2 Å². The van der Waals surface area contributed by atoms with Gasteiger partial charge in [0.1, 0.15) is 17.3 Å². The number of anilines is 2. The van der Waals surface area contributed by atoms with Gasteiger partial charge in [-0.3, -0.25) is 14.4 Å². The molecule has 0 aliphatic rings. The molecular weight excluding hydrogens is 436 g/mol. The zero-order chi connectivity index (χ0) is 21.0. The lowest BCUT2D eigenvalue weighted by Gasteiger charge is -2.21. The van der Waals surface area contributed by atoms with E-state index in [9.17, 15) is 13.2 Å². The average Bonchev–Trinajstić information content (AvgIpc) is 3.14. The van der Waals surface area contributed by atoms with Crippen molar-refractivity contribution in [1.29, 1.82) is 0 Å². The number of sulfonamides is 1. The molecule has 0 spiro atoms. The molecule has 0 unspecified atom stereocenters. The lowest BCUT2D eigenvalue weighted by Crippen LogP contribution is -2.37. The summed E-state index contributed by atoms with van der Waals surface area (Å²) in [5, 5.41) is 12.0. The number of ether oxygens (including phenoxy) is 1. The number of benzene rings is 2. The minimum Gasteiger partial charge on any atom is -0.497 e. The van der Waals surface area contributed by atoms with Crippen molar-refractivity contribution in [2.45, 2.75) is 0 Å². The SMILES string of the molecule is COc1ccc(N(CC(=O)Nc2nnc(-c3ccc(Cl)cc3)s2)S(C)(=O)=O)cc1. The molecule has 2 aromatic carbocycles. The minimum absolute atomic E-state index is 0.267. The first-order valence-corrected chi connectivity index (χ1v) is 11.3. The summed E-state index contributed by atoms with van der Waals surface area (Å²) < 4.78 is 30.4. The Hall–Kier alpha value is -2.69. The van der Waals surface area contributed by atoms with Gasteiger partial charge in [-0.25, -0.2) is 8.42 Å². The second kappa shape index (κ2) is 8.76. The van der Waals surface area contributed by atoms with Crippen LogP contribution in [0.3, 0.4) is 0 Å². The number of hydrogen-bond acceptors (Lipinski definition) is 7. The molecule has 29 heavy (non-hydrogen) atoms. The van der Waals surface area contributed by atoms with Crippen molar-refractivity contribution in [3.63, 3.8) is 0 Å². The third-order valence-electron chi connectivity index (χ3n) is 3.81. The van der Waals surface area contributed by atoms with Crippen LogP contribution >= 0.6 is 22.9 Å².